The average molecular weight is 270 g/mol. The first kappa shape index (κ1) is 10.6. The van der Waals surface area contributed by atoms with Gasteiger partial charge in [0.25, 0.3) is 0 Å². The Morgan fingerprint density at radius 2 is 2.27 bits per heavy atom. The molecule has 0 amide bonds. The zero-order valence-electron chi connectivity index (χ0n) is 8.20. The van der Waals surface area contributed by atoms with Crippen molar-refractivity contribution in [1.82, 2.24) is 0 Å². The third-order valence-corrected chi connectivity index (χ3v) is 2.88. The first-order valence-corrected chi connectivity index (χ1v) is 5.69. The molecule has 1 aromatic rings. The van der Waals surface area contributed by atoms with Gasteiger partial charge in [-0.05, 0) is 47.0 Å². The van der Waals surface area contributed by atoms with Gasteiger partial charge in [-0.3, -0.25) is 4.79 Å². The van der Waals surface area contributed by atoms with E-state index in [1.807, 2.05) is 6.07 Å². The number of hydrogen-bond acceptors (Lipinski definition) is 3. The summed E-state index contributed by atoms with van der Waals surface area (Å²) in [5.74, 6) is 0.736. The SMILES string of the molecule is NCC(=O)c1ccc(OC2CC2)c(Br)c1. The van der Waals surface area contributed by atoms with E-state index in [1.54, 1.807) is 12.1 Å². The first-order chi connectivity index (χ1) is 7.20. The van der Waals surface area contributed by atoms with Crippen LogP contribution in [0, 0.1) is 0 Å². The fraction of sp³-hybridized carbons (Fsp3) is 0.364. The molecule has 0 saturated heterocycles. The van der Waals surface area contributed by atoms with Crippen LogP contribution in [0.1, 0.15) is 23.2 Å². The van der Waals surface area contributed by atoms with Gasteiger partial charge in [-0.15, -0.1) is 0 Å². The molecule has 1 aliphatic carbocycles. The molecule has 0 unspecified atom stereocenters. The molecule has 1 fully saturated rings. The maximum absolute atomic E-state index is 11.3. The van der Waals surface area contributed by atoms with Crippen molar-refractivity contribution in [3.8, 4) is 5.75 Å². The molecule has 2 N–H and O–H groups in total. The quantitative estimate of drug-likeness (QED) is 0.853. The summed E-state index contributed by atoms with van der Waals surface area (Å²) >= 11 is 3.38. The minimum Gasteiger partial charge on any atom is -0.489 e. The average Bonchev–Trinajstić information content (AvgIpc) is 3.04. The highest BCUT2D eigenvalue weighted by Crippen LogP contribution is 2.32. The molecule has 1 saturated carbocycles. The van der Waals surface area contributed by atoms with E-state index in [1.165, 1.54) is 0 Å². The van der Waals surface area contributed by atoms with E-state index in [9.17, 15) is 4.79 Å². The standard InChI is InChI=1S/C11H12BrNO2/c12-9-5-7(10(14)6-13)1-4-11(9)15-8-2-3-8/h1,4-5,8H,2-3,6,13H2. The Labute approximate surface area is 96.7 Å². The van der Waals surface area contributed by atoms with Crippen molar-refractivity contribution in [2.45, 2.75) is 18.9 Å². The van der Waals surface area contributed by atoms with Gasteiger partial charge in [0.05, 0.1) is 17.1 Å². The van der Waals surface area contributed by atoms with Gasteiger partial charge in [-0.2, -0.15) is 0 Å². The van der Waals surface area contributed by atoms with E-state index in [4.69, 9.17) is 10.5 Å². The van der Waals surface area contributed by atoms with Gasteiger partial charge in [0.2, 0.25) is 0 Å². The third kappa shape index (κ3) is 2.58. The Balaban J connectivity index is 2.17. The smallest absolute Gasteiger partial charge is 0.176 e. The summed E-state index contributed by atoms with van der Waals surface area (Å²) in [6.07, 6.45) is 2.60. The van der Waals surface area contributed by atoms with Crippen molar-refractivity contribution >= 4 is 21.7 Å². The number of halogens is 1. The number of Topliss-reactive ketones (excluding diaryl/α,β-unsaturated/α-hetero) is 1. The Morgan fingerprint density at radius 3 is 2.80 bits per heavy atom. The monoisotopic (exact) mass is 269 g/mol. The lowest BCUT2D eigenvalue weighted by Crippen LogP contribution is -2.13. The predicted octanol–water partition coefficient (Wildman–Crippen LogP) is 2.13. The topological polar surface area (TPSA) is 52.3 Å². The Bertz CT molecular complexity index is 388. The van der Waals surface area contributed by atoms with Gasteiger partial charge in [0.15, 0.2) is 5.78 Å². The highest BCUT2D eigenvalue weighted by atomic mass is 79.9. The summed E-state index contributed by atoms with van der Waals surface area (Å²) in [4.78, 5) is 11.3. The number of nitrogens with two attached hydrogens (primary N) is 1. The van der Waals surface area contributed by atoms with Crippen molar-refractivity contribution < 1.29 is 9.53 Å². The van der Waals surface area contributed by atoms with Crippen LogP contribution in [0.5, 0.6) is 5.75 Å². The summed E-state index contributed by atoms with van der Waals surface area (Å²) in [7, 11) is 0. The maximum atomic E-state index is 11.3. The number of carbonyl (C=O) groups is 1. The van der Waals surface area contributed by atoms with Crippen LogP contribution in [0.2, 0.25) is 0 Å². The number of carbonyl (C=O) groups excluding carboxylic acids is 1. The first-order valence-electron chi connectivity index (χ1n) is 4.90. The molecule has 1 aliphatic rings. The number of hydrogen-bond donors (Lipinski definition) is 1. The highest BCUT2D eigenvalue weighted by Gasteiger charge is 2.24. The second kappa shape index (κ2) is 4.33. The van der Waals surface area contributed by atoms with Crippen LogP contribution in [0.25, 0.3) is 0 Å². The van der Waals surface area contributed by atoms with E-state index in [0.717, 1.165) is 23.1 Å². The van der Waals surface area contributed by atoms with Crippen molar-refractivity contribution in [2.24, 2.45) is 5.73 Å². The largest absolute Gasteiger partial charge is 0.489 e. The highest BCUT2D eigenvalue weighted by molar-refractivity contribution is 9.10. The summed E-state index contributed by atoms with van der Waals surface area (Å²) in [5, 5.41) is 0. The Hall–Kier alpha value is -0.870. The molecule has 1 aromatic carbocycles. The Kier molecular flexibility index (Phi) is 3.07. The number of ketones is 1. The van der Waals surface area contributed by atoms with Crippen molar-refractivity contribution in [3.63, 3.8) is 0 Å². The zero-order valence-corrected chi connectivity index (χ0v) is 9.79. The third-order valence-electron chi connectivity index (χ3n) is 2.26. The van der Waals surface area contributed by atoms with Crippen LogP contribution >= 0.6 is 15.9 Å². The molecule has 4 heteroatoms. The minimum absolute atomic E-state index is 0.0370. The molecule has 0 aliphatic heterocycles. The van der Waals surface area contributed by atoms with Crippen LogP contribution in [-0.4, -0.2) is 18.4 Å². The number of benzene rings is 1. The van der Waals surface area contributed by atoms with Crippen molar-refractivity contribution in [2.75, 3.05) is 6.54 Å². The normalized spacial score (nSPS) is 15.1. The molecule has 80 valence electrons. The van der Waals surface area contributed by atoms with Gasteiger partial charge in [0, 0.05) is 5.56 Å². The molecule has 15 heavy (non-hydrogen) atoms. The van der Waals surface area contributed by atoms with E-state index in [2.05, 4.69) is 15.9 Å². The maximum Gasteiger partial charge on any atom is 0.176 e. The molecule has 0 bridgehead atoms. The summed E-state index contributed by atoms with van der Waals surface area (Å²) in [6.45, 7) is 0.0370. The van der Waals surface area contributed by atoms with Crippen LogP contribution in [-0.2, 0) is 0 Å². The molecule has 0 heterocycles. The molecule has 0 spiro atoms. The lowest BCUT2D eigenvalue weighted by Gasteiger charge is -2.07. The molecule has 3 nitrogen and oxygen atoms in total. The van der Waals surface area contributed by atoms with Crippen LogP contribution in [0.4, 0.5) is 0 Å². The van der Waals surface area contributed by atoms with Crippen LogP contribution in [0.3, 0.4) is 0 Å². The van der Waals surface area contributed by atoms with E-state index < -0.39 is 0 Å². The second-order valence-electron chi connectivity index (χ2n) is 3.59. The number of rotatable bonds is 4. The fourth-order valence-corrected chi connectivity index (χ4v) is 1.73. The lowest BCUT2D eigenvalue weighted by atomic mass is 10.1. The molecule has 0 radical (unpaired) electrons. The van der Waals surface area contributed by atoms with Crippen LogP contribution in [0.15, 0.2) is 22.7 Å². The molecule has 0 atom stereocenters. The van der Waals surface area contributed by atoms with Gasteiger partial charge in [-0.25, -0.2) is 0 Å². The fourth-order valence-electron chi connectivity index (χ4n) is 1.25. The van der Waals surface area contributed by atoms with Gasteiger partial charge in [-0.1, -0.05) is 0 Å². The second-order valence-corrected chi connectivity index (χ2v) is 4.44. The molecule has 2 rings (SSSR count). The summed E-state index contributed by atoms with van der Waals surface area (Å²) in [6, 6.07) is 5.32. The van der Waals surface area contributed by atoms with Crippen molar-refractivity contribution in [3.05, 3.63) is 28.2 Å². The minimum atomic E-state index is -0.0614. The molecular weight excluding hydrogens is 258 g/mol. The molecule has 0 aromatic heterocycles. The summed E-state index contributed by atoms with van der Waals surface area (Å²) < 4.78 is 6.45. The van der Waals surface area contributed by atoms with E-state index in [0.29, 0.717) is 11.7 Å². The predicted molar refractivity (Wildman–Crippen MR) is 61.2 cm³/mol. The van der Waals surface area contributed by atoms with E-state index in [-0.39, 0.29) is 12.3 Å². The van der Waals surface area contributed by atoms with Gasteiger partial charge >= 0.3 is 0 Å². The van der Waals surface area contributed by atoms with Gasteiger partial charge in [0.1, 0.15) is 5.75 Å². The lowest BCUT2D eigenvalue weighted by molar-refractivity contribution is 0.100. The number of ether oxygens (including phenoxy) is 1. The van der Waals surface area contributed by atoms with Gasteiger partial charge < -0.3 is 10.5 Å². The summed E-state index contributed by atoms with van der Waals surface area (Å²) in [5.41, 5.74) is 5.90. The van der Waals surface area contributed by atoms with Crippen molar-refractivity contribution in [1.29, 1.82) is 0 Å². The molecular formula is C11H12BrNO2. The zero-order chi connectivity index (χ0) is 10.8. The van der Waals surface area contributed by atoms with Crippen LogP contribution < -0.4 is 10.5 Å². The van der Waals surface area contributed by atoms with E-state index >= 15 is 0 Å². The Morgan fingerprint density at radius 1 is 1.53 bits per heavy atom.